The van der Waals surface area contributed by atoms with E-state index in [0.29, 0.717) is 19.6 Å². The van der Waals surface area contributed by atoms with Crippen LogP contribution in [0.5, 0.6) is 0 Å². The van der Waals surface area contributed by atoms with Crippen molar-refractivity contribution in [2.45, 2.75) is 75.1 Å². The van der Waals surface area contributed by atoms with Crippen LogP contribution in [0.3, 0.4) is 0 Å². The first kappa shape index (κ1) is 74.6. The van der Waals surface area contributed by atoms with E-state index in [2.05, 4.69) is 45.4 Å². The number of likely N-dealkylation sites (N-methyl/N-ethyl adjacent to an activating group) is 3. The molecule has 3 fully saturated rings. The van der Waals surface area contributed by atoms with Crippen molar-refractivity contribution in [1.29, 1.82) is 0 Å². The lowest BCUT2D eigenvalue weighted by atomic mass is 10.1. The lowest BCUT2D eigenvalue weighted by molar-refractivity contribution is -0.120. The van der Waals surface area contributed by atoms with Crippen molar-refractivity contribution in [2.24, 2.45) is 0 Å². The van der Waals surface area contributed by atoms with Crippen LogP contribution >= 0.6 is 68.8 Å². The number of benzene rings is 3. The Balaban J connectivity index is 0.000000161. The molecule has 39 heteroatoms. The van der Waals surface area contributed by atoms with Crippen molar-refractivity contribution in [2.75, 3.05) is 56.9 Å². The molecule has 9 heterocycles. The molecule has 3 saturated heterocycles. The Labute approximate surface area is 593 Å². The summed E-state index contributed by atoms with van der Waals surface area (Å²) in [5.41, 5.74) is 3.34. The molecule has 0 spiro atoms. The zero-order valence-corrected chi connectivity index (χ0v) is 59.4. The van der Waals surface area contributed by atoms with Crippen molar-refractivity contribution in [3.63, 3.8) is 0 Å². The maximum absolute atomic E-state index is 13.4. The van der Waals surface area contributed by atoms with Gasteiger partial charge >= 0.3 is 0 Å². The number of carbonyl (C=O) groups excluding carboxylic acids is 3. The minimum atomic E-state index is -3.92. The number of amides is 3. The maximum Gasteiger partial charge on any atom is 0.280 e. The SMILES string of the molecule is CN1C(C(=O)Nc2ccc(F)c(Cl)c2)CC(c2ccc(-c3cnn(CCO)c3)s2)NS1(=O)=O.CN1[C@@H](C(=O)Nc2ccc(F)c(Cl)c2)C[C@@H](c2ccc(-c3cnn(CCO)c3)s2)NS1(=O)=O.CN1[C@H](C(=O)Nc2ccc(F)c(Cl)c2)C[C@H](c2ccc(-c3cnn(CCO)c3)s2)NS1(=O)=O. The van der Waals surface area contributed by atoms with Crippen molar-refractivity contribution >= 4 is 134 Å². The molecule has 528 valence electrons. The van der Waals surface area contributed by atoms with E-state index in [1.807, 2.05) is 36.4 Å². The second-order valence-corrected chi connectivity index (χ2v) is 32.3. The number of aliphatic hydroxyl groups is 3. The van der Waals surface area contributed by atoms with Crippen molar-refractivity contribution in [3.05, 3.63) is 175 Å². The van der Waals surface area contributed by atoms with E-state index in [9.17, 15) is 52.8 Å². The molecule has 3 aliphatic heterocycles. The summed E-state index contributed by atoms with van der Waals surface area (Å²) in [6.07, 6.45) is 11.0. The third kappa shape index (κ3) is 18.0. The third-order valence-corrected chi connectivity index (χ3v) is 25.2. The van der Waals surface area contributed by atoms with Crippen molar-refractivity contribution < 1.29 is 68.1 Å². The van der Waals surface area contributed by atoms with Crippen LogP contribution in [0.2, 0.25) is 15.1 Å². The Morgan fingerprint density at radius 3 is 0.970 bits per heavy atom. The van der Waals surface area contributed by atoms with Crippen molar-refractivity contribution in [3.8, 4) is 31.3 Å². The number of halogens is 6. The first-order valence-corrected chi connectivity index (χ1v) is 37.7. The largest absolute Gasteiger partial charge is 0.394 e. The van der Waals surface area contributed by atoms with Crippen LogP contribution in [0.25, 0.3) is 31.3 Å². The summed E-state index contributed by atoms with van der Waals surface area (Å²) >= 11 is 21.5. The maximum atomic E-state index is 13.4. The average Bonchev–Trinajstić information content (AvgIpc) is 1.65. The summed E-state index contributed by atoms with van der Waals surface area (Å²) in [7, 11) is -7.77. The molecule has 0 aliphatic carbocycles. The molecule has 0 radical (unpaired) electrons. The zero-order valence-electron chi connectivity index (χ0n) is 52.2. The summed E-state index contributed by atoms with van der Waals surface area (Å²) in [6.45, 7) is 1.06. The number of nitrogens with one attached hydrogen (secondary N) is 6. The monoisotopic (exact) mass is 1540 g/mol. The van der Waals surface area contributed by atoms with Crippen molar-refractivity contribution in [1.82, 2.24) is 56.4 Å². The smallest absolute Gasteiger partial charge is 0.280 e. The Hall–Kier alpha value is -7.05. The van der Waals surface area contributed by atoms with Crippen LogP contribution in [0.4, 0.5) is 30.2 Å². The van der Waals surface area contributed by atoms with Gasteiger partial charge in [0.2, 0.25) is 17.7 Å². The number of hydrogen-bond acceptors (Lipinski definition) is 18. The van der Waals surface area contributed by atoms with Gasteiger partial charge in [-0.25, -0.2) is 13.2 Å². The summed E-state index contributed by atoms with van der Waals surface area (Å²) in [5.74, 6) is -3.49. The highest BCUT2D eigenvalue weighted by Gasteiger charge is 2.44. The van der Waals surface area contributed by atoms with Gasteiger partial charge in [-0.05, 0) is 110 Å². The van der Waals surface area contributed by atoms with E-state index in [1.54, 1.807) is 51.2 Å². The van der Waals surface area contributed by atoms with Gasteiger partial charge < -0.3 is 31.3 Å². The number of carbonyl (C=O) groups is 3. The van der Waals surface area contributed by atoms with Crippen LogP contribution in [0, 0.1) is 17.5 Å². The van der Waals surface area contributed by atoms with E-state index >= 15 is 0 Å². The number of anilines is 3. The summed E-state index contributed by atoms with van der Waals surface area (Å²) < 4.78 is 132. The normalized spacial score (nSPS) is 20.6. The second-order valence-electron chi connectivity index (χ2n) is 22.4. The molecule has 0 bridgehead atoms. The third-order valence-electron chi connectivity index (χ3n) is 15.8. The fourth-order valence-corrected chi connectivity index (χ4v) is 18.2. The van der Waals surface area contributed by atoms with E-state index < -0.39 is 102 Å². The van der Waals surface area contributed by atoms with Crippen LogP contribution in [0.15, 0.2) is 128 Å². The Morgan fingerprint density at radius 2 is 0.727 bits per heavy atom. The zero-order chi connectivity index (χ0) is 71.3. The minimum absolute atomic E-state index is 0.0260. The summed E-state index contributed by atoms with van der Waals surface area (Å²) in [5, 5.41) is 47.1. The topological polar surface area (TPSA) is 350 Å². The van der Waals surface area contributed by atoms with Gasteiger partial charge in [0.05, 0.1) is 91.2 Å². The molecule has 3 amide bonds. The molecule has 0 saturated carbocycles. The Morgan fingerprint density at radius 1 is 0.465 bits per heavy atom. The standard InChI is InChI=1S/3C20H21ClFN5O4S2/c3*1-26-17(20(29)24-13-2-3-15(22)14(21)8-13)9-16(25-33(26,30)31)19-5-4-18(32-19)12-10-23-27(11-12)6-7-28/h3*2-5,8,10-11,16-17,25,28H,6-7,9H2,1H3,(H,24,29)/t2*16-,17+;/m10./s1. The van der Waals surface area contributed by atoms with Gasteiger partial charge in [0, 0.05) is 103 Å². The van der Waals surface area contributed by atoms with Crippen LogP contribution in [-0.2, 0) is 64.6 Å². The molecule has 6 aromatic heterocycles. The quantitative estimate of drug-likeness (QED) is 0.0395. The Bertz CT molecular complexity index is 4300. The lowest BCUT2D eigenvalue weighted by Gasteiger charge is -2.35. The highest BCUT2D eigenvalue weighted by molar-refractivity contribution is 7.87. The van der Waals surface area contributed by atoms with Crippen LogP contribution < -0.4 is 30.1 Å². The minimum Gasteiger partial charge on any atom is -0.394 e. The van der Waals surface area contributed by atoms with Gasteiger partial charge in [-0.2, -0.15) is 67.6 Å². The second kappa shape index (κ2) is 31.9. The van der Waals surface area contributed by atoms with Gasteiger partial charge in [-0.3, -0.25) is 28.4 Å². The molecule has 27 nitrogen and oxygen atoms in total. The number of rotatable bonds is 18. The highest BCUT2D eigenvalue weighted by atomic mass is 35.5. The van der Waals surface area contributed by atoms with Gasteiger partial charge in [0.1, 0.15) is 35.6 Å². The fraction of sp³-hybridized carbons (Fsp3) is 0.300. The molecule has 2 unspecified atom stereocenters. The van der Waals surface area contributed by atoms with Crippen LogP contribution in [-0.4, -0.2) is 160 Å². The van der Waals surface area contributed by atoms with E-state index in [-0.39, 0.29) is 71.2 Å². The highest BCUT2D eigenvalue weighted by Crippen LogP contribution is 2.40. The Kier molecular flexibility index (Phi) is 24.0. The number of aromatic nitrogens is 6. The molecule has 3 aromatic carbocycles. The van der Waals surface area contributed by atoms with E-state index in [4.69, 9.17) is 50.1 Å². The predicted octanol–water partition coefficient (Wildman–Crippen LogP) is 7.84. The number of nitrogens with zero attached hydrogens (tertiary/aromatic N) is 9. The number of aliphatic hydroxyl groups excluding tert-OH is 3. The van der Waals surface area contributed by atoms with Crippen LogP contribution in [0.1, 0.15) is 52.0 Å². The van der Waals surface area contributed by atoms with Gasteiger partial charge in [-0.15, -0.1) is 34.0 Å². The van der Waals surface area contributed by atoms with Gasteiger partial charge in [-0.1, -0.05) is 34.8 Å². The van der Waals surface area contributed by atoms with E-state index in [1.165, 1.54) is 91.6 Å². The first-order chi connectivity index (χ1) is 47.0. The molecule has 6 atom stereocenters. The molecule has 99 heavy (non-hydrogen) atoms. The molecule has 3 aliphatic rings. The molecule has 9 N–H and O–H groups in total. The molecular formula is C60H63Cl3F3N15O12S6. The number of thiophene rings is 3. The number of hydrogen-bond donors (Lipinski definition) is 9. The first-order valence-electron chi connectivity index (χ1n) is 29.8. The predicted molar refractivity (Wildman–Crippen MR) is 371 cm³/mol. The van der Waals surface area contributed by atoms with Gasteiger partial charge in [0.15, 0.2) is 0 Å². The molecular weight excluding hydrogens is 1480 g/mol. The summed E-state index contributed by atoms with van der Waals surface area (Å²) in [6, 6.07) is 17.5. The molecule has 12 rings (SSSR count). The fourth-order valence-electron chi connectivity index (χ4n) is 10.5. The van der Waals surface area contributed by atoms with E-state index in [0.717, 1.165) is 77.1 Å². The summed E-state index contributed by atoms with van der Waals surface area (Å²) in [4.78, 5) is 43.7. The average molecular weight is 1540 g/mol. The van der Waals surface area contributed by atoms with Gasteiger partial charge in [0.25, 0.3) is 30.6 Å². The lowest BCUT2D eigenvalue weighted by Crippen LogP contribution is -2.55. The molecule has 9 aromatic rings.